The van der Waals surface area contributed by atoms with Gasteiger partial charge in [-0.15, -0.1) is 0 Å². The molecule has 2 rings (SSSR count). The van der Waals surface area contributed by atoms with Crippen molar-refractivity contribution >= 4 is 15.9 Å². The summed E-state index contributed by atoms with van der Waals surface area (Å²) in [6.45, 7) is 1.68. The highest BCUT2D eigenvalue weighted by Crippen LogP contribution is 2.31. The highest BCUT2D eigenvalue weighted by molar-refractivity contribution is 7.89. The highest BCUT2D eigenvalue weighted by Gasteiger charge is 2.33. The summed E-state index contributed by atoms with van der Waals surface area (Å²) in [7, 11) is -1.66. The molecule has 0 saturated heterocycles. The number of hydrogen-bond acceptors (Lipinski definition) is 3. The number of benzene rings is 1. The van der Waals surface area contributed by atoms with E-state index in [1.807, 2.05) is 37.4 Å². The molecule has 1 aromatic rings. The molecule has 0 aromatic heterocycles. The van der Waals surface area contributed by atoms with Gasteiger partial charge in [-0.2, -0.15) is 0 Å². The van der Waals surface area contributed by atoms with E-state index in [-0.39, 0.29) is 17.9 Å². The molecule has 122 valence electrons. The van der Waals surface area contributed by atoms with Crippen LogP contribution in [0.4, 0.5) is 0 Å². The third kappa shape index (κ3) is 3.87. The van der Waals surface area contributed by atoms with Crippen molar-refractivity contribution in [2.45, 2.75) is 43.9 Å². The van der Waals surface area contributed by atoms with Gasteiger partial charge in [-0.1, -0.05) is 18.2 Å². The Hall–Kier alpha value is -1.40. The van der Waals surface area contributed by atoms with Crippen molar-refractivity contribution in [3.63, 3.8) is 0 Å². The zero-order valence-corrected chi connectivity index (χ0v) is 13.9. The van der Waals surface area contributed by atoms with Crippen LogP contribution in [0.2, 0.25) is 0 Å². The smallest absolute Gasteiger partial charge is 0.253 e. The van der Waals surface area contributed by atoms with E-state index >= 15 is 0 Å². The number of carbonyl (C=O) groups is 1. The van der Waals surface area contributed by atoms with Gasteiger partial charge in [-0.05, 0) is 50.7 Å². The predicted octanol–water partition coefficient (Wildman–Crippen LogP) is 1.99. The summed E-state index contributed by atoms with van der Waals surface area (Å²) in [5.74, 6) is 0.107. The number of nitrogens with zero attached hydrogens (tertiary/aromatic N) is 1. The SMILES string of the molecule is CC(C1CCC(N(C)C(=O)c2ccccc2)CC1)S(N)(=O)=O. The van der Waals surface area contributed by atoms with E-state index in [4.69, 9.17) is 5.14 Å². The van der Waals surface area contributed by atoms with Crippen LogP contribution in [0.1, 0.15) is 43.0 Å². The van der Waals surface area contributed by atoms with Gasteiger partial charge in [0.15, 0.2) is 0 Å². The van der Waals surface area contributed by atoms with Crippen LogP contribution >= 0.6 is 0 Å². The molecule has 1 aliphatic rings. The van der Waals surface area contributed by atoms with Crippen molar-refractivity contribution in [3.8, 4) is 0 Å². The van der Waals surface area contributed by atoms with Gasteiger partial charge >= 0.3 is 0 Å². The minimum atomic E-state index is -3.48. The lowest BCUT2D eigenvalue weighted by atomic mass is 9.83. The van der Waals surface area contributed by atoms with Crippen molar-refractivity contribution in [1.82, 2.24) is 4.90 Å². The molecule has 1 aromatic carbocycles. The summed E-state index contributed by atoms with van der Waals surface area (Å²) >= 11 is 0. The first kappa shape index (κ1) is 17.0. The Morgan fingerprint density at radius 2 is 1.73 bits per heavy atom. The number of primary sulfonamides is 1. The normalized spacial score (nSPS) is 23.8. The Morgan fingerprint density at radius 3 is 2.23 bits per heavy atom. The lowest BCUT2D eigenvalue weighted by Crippen LogP contribution is -2.42. The largest absolute Gasteiger partial charge is 0.339 e. The van der Waals surface area contributed by atoms with Gasteiger partial charge in [-0.25, -0.2) is 13.6 Å². The van der Waals surface area contributed by atoms with Crippen LogP contribution in [-0.4, -0.2) is 37.6 Å². The number of sulfonamides is 1. The van der Waals surface area contributed by atoms with Crippen LogP contribution in [0.3, 0.4) is 0 Å². The van der Waals surface area contributed by atoms with Gasteiger partial charge in [-0.3, -0.25) is 4.79 Å². The van der Waals surface area contributed by atoms with Gasteiger partial charge in [0, 0.05) is 18.7 Å². The van der Waals surface area contributed by atoms with Crippen LogP contribution in [0.25, 0.3) is 0 Å². The molecule has 0 aliphatic heterocycles. The molecule has 0 heterocycles. The standard InChI is InChI=1S/C16H24N2O3S/c1-12(22(17,20)21)13-8-10-15(11-9-13)18(2)16(19)14-6-4-3-5-7-14/h3-7,12-13,15H,8-11H2,1-2H3,(H2,17,20,21). The first-order chi connectivity index (χ1) is 10.3. The van der Waals surface area contributed by atoms with E-state index in [0.29, 0.717) is 5.56 Å². The van der Waals surface area contributed by atoms with Crippen LogP contribution in [-0.2, 0) is 10.0 Å². The Labute approximate surface area is 132 Å². The molecule has 1 atom stereocenters. The lowest BCUT2D eigenvalue weighted by molar-refractivity contribution is 0.0675. The Morgan fingerprint density at radius 1 is 1.18 bits per heavy atom. The fourth-order valence-corrected chi connectivity index (χ4v) is 3.99. The molecule has 6 heteroatoms. The molecule has 22 heavy (non-hydrogen) atoms. The zero-order chi connectivity index (χ0) is 16.3. The summed E-state index contributed by atoms with van der Waals surface area (Å²) in [5.41, 5.74) is 0.685. The molecular formula is C16H24N2O3S. The second-order valence-electron chi connectivity index (χ2n) is 6.14. The molecule has 1 fully saturated rings. The van der Waals surface area contributed by atoms with E-state index in [9.17, 15) is 13.2 Å². The third-order valence-electron chi connectivity index (χ3n) is 4.81. The van der Waals surface area contributed by atoms with E-state index in [1.165, 1.54) is 0 Å². The van der Waals surface area contributed by atoms with Crippen molar-refractivity contribution in [1.29, 1.82) is 0 Å². The maximum Gasteiger partial charge on any atom is 0.253 e. The number of nitrogens with two attached hydrogens (primary N) is 1. The molecule has 5 nitrogen and oxygen atoms in total. The number of carbonyl (C=O) groups excluding carboxylic acids is 1. The highest BCUT2D eigenvalue weighted by atomic mass is 32.2. The zero-order valence-electron chi connectivity index (χ0n) is 13.1. The lowest BCUT2D eigenvalue weighted by Gasteiger charge is -2.36. The maximum atomic E-state index is 12.4. The molecule has 0 spiro atoms. The number of hydrogen-bond donors (Lipinski definition) is 1. The monoisotopic (exact) mass is 324 g/mol. The first-order valence-electron chi connectivity index (χ1n) is 7.64. The Kier molecular flexibility index (Phi) is 5.24. The van der Waals surface area contributed by atoms with Crippen LogP contribution < -0.4 is 5.14 Å². The molecule has 1 aliphatic carbocycles. The Balaban J connectivity index is 1.95. The minimum Gasteiger partial charge on any atom is -0.339 e. The molecule has 0 bridgehead atoms. The molecule has 0 radical (unpaired) electrons. The predicted molar refractivity (Wildman–Crippen MR) is 86.9 cm³/mol. The molecular weight excluding hydrogens is 300 g/mol. The van der Waals surface area contributed by atoms with Gasteiger partial charge in [0.1, 0.15) is 0 Å². The summed E-state index contributed by atoms with van der Waals surface area (Å²) in [6.07, 6.45) is 3.21. The van der Waals surface area contributed by atoms with Gasteiger partial charge in [0.05, 0.1) is 5.25 Å². The van der Waals surface area contributed by atoms with Crippen LogP contribution in [0, 0.1) is 5.92 Å². The summed E-state index contributed by atoms with van der Waals surface area (Å²) < 4.78 is 22.9. The summed E-state index contributed by atoms with van der Waals surface area (Å²) in [5, 5.41) is 4.73. The van der Waals surface area contributed by atoms with Crippen molar-refractivity contribution in [2.24, 2.45) is 11.1 Å². The fourth-order valence-electron chi connectivity index (χ4n) is 3.18. The van der Waals surface area contributed by atoms with Crippen molar-refractivity contribution in [3.05, 3.63) is 35.9 Å². The average Bonchev–Trinajstić information content (AvgIpc) is 2.53. The van der Waals surface area contributed by atoms with Gasteiger partial charge in [0.2, 0.25) is 10.0 Å². The maximum absolute atomic E-state index is 12.4. The van der Waals surface area contributed by atoms with Crippen LogP contribution in [0.15, 0.2) is 30.3 Å². The second-order valence-corrected chi connectivity index (χ2v) is 8.07. The summed E-state index contributed by atoms with van der Waals surface area (Å²) in [4.78, 5) is 14.2. The van der Waals surface area contributed by atoms with Crippen molar-refractivity contribution in [2.75, 3.05) is 7.05 Å². The van der Waals surface area contributed by atoms with E-state index in [2.05, 4.69) is 0 Å². The van der Waals surface area contributed by atoms with E-state index in [0.717, 1.165) is 25.7 Å². The first-order valence-corrected chi connectivity index (χ1v) is 9.25. The van der Waals surface area contributed by atoms with Gasteiger partial charge in [0.25, 0.3) is 5.91 Å². The molecule has 1 unspecified atom stereocenters. The molecule has 1 amide bonds. The number of amides is 1. The molecule has 2 N–H and O–H groups in total. The van der Waals surface area contributed by atoms with Crippen LogP contribution in [0.5, 0.6) is 0 Å². The summed E-state index contributed by atoms with van der Waals surface area (Å²) in [6, 6.07) is 9.38. The van der Waals surface area contributed by atoms with Gasteiger partial charge < -0.3 is 4.90 Å². The van der Waals surface area contributed by atoms with Crippen molar-refractivity contribution < 1.29 is 13.2 Å². The van der Waals surface area contributed by atoms with E-state index in [1.54, 1.807) is 11.8 Å². The third-order valence-corrected chi connectivity index (χ3v) is 6.23. The van der Waals surface area contributed by atoms with E-state index < -0.39 is 15.3 Å². The Bertz CT molecular complexity index is 608. The average molecular weight is 324 g/mol. The quantitative estimate of drug-likeness (QED) is 0.919. The topological polar surface area (TPSA) is 80.5 Å². The fraction of sp³-hybridized carbons (Fsp3) is 0.562. The molecule has 1 saturated carbocycles. The number of rotatable bonds is 4. The second kappa shape index (κ2) is 6.79. The minimum absolute atomic E-state index is 0.0172.